The van der Waals surface area contributed by atoms with Gasteiger partial charge in [-0.2, -0.15) is 0 Å². The molecule has 0 atom stereocenters. The third-order valence-electron chi connectivity index (χ3n) is 3.06. The Bertz CT molecular complexity index is 742. The van der Waals surface area contributed by atoms with Crippen molar-refractivity contribution in [2.45, 2.75) is 0 Å². The first kappa shape index (κ1) is 13.3. The number of amides is 1. The maximum atomic E-state index is 12.5. The highest BCUT2D eigenvalue weighted by Crippen LogP contribution is 2.22. The molecule has 3 rings (SSSR count). The number of carbonyl (C=O) groups excluding carboxylic acids is 1. The van der Waals surface area contributed by atoms with Gasteiger partial charge in [-0.1, -0.05) is 18.2 Å². The van der Waals surface area contributed by atoms with Crippen molar-refractivity contribution in [2.75, 3.05) is 10.6 Å². The predicted molar refractivity (Wildman–Crippen MR) is 86.3 cm³/mol. The number of thiocarbonyl (C=S) groups is 1. The molecule has 104 valence electrons. The molecule has 1 aromatic carbocycles. The number of hydrogen-bond acceptors (Lipinski definition) is 4. The van der Waals surface area contributed by atoms with E-state index in [9.17, 15) is 4.79 Å². The minimum absolute atomic E-state index is 0.213. The minimum atomic E-state index is -0.213. The molecule has 0 unspecified atom stereocenters. The van der Waals surface area contributed by atoms with Crippen molar-refractivity contribution in [1.29, 1.82) is 0 Å². The van der Waals surface area contributed by atoms with Crippen molar-refractivity contribution < 1.29 is 4.79 Å². The second-order valence-electron chi connectivity index (χ2n) is 4.44. The number of benzene rings is 1. The van der Waals surface area contributed by atoms with Crippen LogP contribution in [0, 0.1) is 0 Å². The quantitative estimate of drug-likeness (QED) is 0.654. The number of hydrogen-bond donors (Lipinski definition) is 2. The average molecular weight is 296 g/mol. The molecule has 1 aliphatic heterocycles. The summed E-state index contributed by atoms with van der Waals surface area (Å²) in [5, 5.41) is 3.26. The lowest BCUT2D eigenvalue weighted by atomic mass is 10.2. The molecule has 2 aromatic rings. The van der Waals surface area contributed by atoms with E-state index >= 15 is 0 Å². The molecule has 0 saturated carbocycles. The van der Waals surface area contributed by atoms with Crippen molar-refractivity contribution in [3.05, 3.63) is 59.9 Å². The van der Waals surface area contributed by atoms with Crippen LogP contribution in [0.4, 0.5) is 11.5 Å². The third-order valence-corrected chi connectivity index (χ3v) is 3.35. The molecule has 2 heterocycles. The number of nitrogens with two attached hydrogens (primary N) is 1. The predicted octanol–water partition coefficient (Wildman–Crippen LogP) is 1.93. The van der Waals surface area contributed by atoms with Crippen molar-refractivity contribution in [2.24, 2.45) is 0 Å². The van der Waals surface area contributed by atoms with Crippen LogP contribution in [-0.4, -0.2) is 16.0 Å². The lowest BCUT2D eigenvalue weighted by Gasteiger charge is -2.13. The first-order valence-electron chi connectivity index (χ1n) is 6.29. The Morgan fingerprint density at radius 3 is 2.67 bits per heavy atom. The van der Waals surface area contributed by atoms with Crippen LogP contribution in [0.25, 0.3) is 6.08 Å². The lowest BCUT2D eigenvalue weighted by Crippen LogP contribution is -2.30. The summed E-state index contributed by atoms with van der Waals surface area (Å²) in [6.45, 7) is 0. The number of nitrogens with one attached hydrogen (secondary N) is 1. The Labute approximate surface area is 127 Å². The molecular formula is C15H12N4OS. The van der Waals surface area contributed by atoms with Crippen LogP contribution in [0.2, 0.25) is 0 Å². The van der Waals surface area contributed by atoms with Crippen LogP contribution in [0.3, 0.4) is 0 Å². The summed E-state index contributed by atoms with van der Waals surface area (Å²) in [6, 6.07) is 12.8. The van der Waals surface area contributed by atoms with Gasteiger partial charge in [-0.05, 0) is 42.6 Å². The van der Waals surface area contributed by atoms with Gasteiger partial charge in [-0.25, -0.2) is 4.98 Å². The zero-order chi connectivity index (χ0) is 14.8. The van der Waals surface area contributed by atoms with Crippen molar-refractivity contribution >= 4 is 40.8 Å². The summed E-state index contributed by atoms with van der Waals surface area (Å²) < 4.78 is 0. The van der Waals surface area contributed by atoms with E-state index in [0.717, 1.165) is 5.69 Å². The van der Waals surface area contributed by atoms with Crippen LogP contribution in [-0.2, 0) is 4.79 Å². The normalized spacial score (nSPS) is 16.4. The fraction of sp³-hybridized carbons (Fsp3) is 0. The molecule has 0 bridgehead atoms. The van der Waals surface area contributed by atoms with Gasteiger partial charge < -0.3 is 11.1 Å². The number of nitrogens with zero attached hydrogens (tertiary/aromatic N) is 2. The molecule has 21 heavy (non-hydrogen) atoms. The molecule has 1 fully saturated rings. The molecule has 0 spiro atoms. The molecule has 0 radical (unpaired) electrons. The van der Waals surface area contributed by atoms with Crippen LogP contribution in [0.15, 0.2) is 54.4 Å². The number of rotatable bonds is 2. The smallest absolute Gasteiger partial charge is 0.281 e. The van der Waals surface area contributed by atoms with E-state index < -0.39 is 0 Å². The van der Waals surface area contributed by atoms with E-state index in [-0.39, 0.29) is 5.91 Å². The van der Waals surface area contributed by atoms with E-state index in [1.165, 1.54) is 4.90 Å². The molecule has 1 amide bonds. The second kappa shape index (κ2) is 5.34. The Balaban J connectivity index is 1.96. The van der Waals surface area contributed by atoms with Gasteiger partial charge in [-0.15, -0.1) is 0 Å². The topological polar surface area (TPSA) is 71.2 Å². The fourth-order valence-corrected chi connectivity index (χ4v) is 2.35. The Morgan fingerprint density at radius 2 is 1.95 bits per heavy atom. The fourth-order valence-electron chi connectivity index (χ4n) is 2.05. The monoisotopic (exact) mass is 296 g/mol. The van der Waals surface area contributed by atoms with Crippen LogP contribution in [0.5, 0.6) is 0 Å². The number of aromatic nitrogens is 1. The van der Waals surface area contributed by atoms with Gasteiger partial charge in [-0.3, -0.25) is 9.69 Å². The second-order valence-corrected chi connectivity index (χ2v) is 4.83. The number of para-hydroxylation sites is 1. The average Bonchev–Trinajstić information content (AvgIpc) is 2.77. The third kappa shape index (κ3) is 2.48. The Hall–Kier alpha value is -2.73. The summed E-state index contributed by atoms with van der Waals surface area (Å²) in [5.74, 6) is 0.151. The highest BCUT2D eigenvalue weighted by molar-refractivity contribution is 7.80. The van der Waals surface area contributed by atoms with Gasteiger partial charge in [0.2, 0.25) is 0 Å². The first-order chi connectivity index (χ1) is 10.2. The van der Waals surface area contributed by atoms with Gasteiger partial charge >= 0.3 is 0 Å². The van der Waals surface area contributed by atoms with Gasteiger partial charge in [0.05, 0.1) is 5.69 Å². The summed E-state index contributed by atoms with van der Waals surface area (Å²) in [6.07, 6.45) is 3.25. The molecule has 6 heteroatoms. The van der Waals surface area contributed by atoms with Gasteiger partial charge in [0, 0.05) is 11.8 Å². The molecule has 1 aromatic heterocycles. The molecule has 1 aliphatic rings. The number of anilines is 2. The maximum absolute atomic E-state index is 12.5. The number of pyridine rings is 1. The highest BCUT2D eigenvalue weighted by atomic mass is 32.1. The SMILES string of the molecule is Nc1ncccc1/C=C1\NC(=S)N(c2ccccc2)C1=O. The summed E-state index contributed by atoms with van der Waals surface area (Å²) in [4.78, 5) is 17.9. The molecule has 1 saturated heterocycles. The largest absolute Gasteiger partial charge is 0.383 e. The summed E-state index contributed by atoms with van der Waals surface area (Å²) in [7, 11) is 0. The zero-order valence-corrected chi connectivity index (χ0v) is 11.8. The molecule has 3 N–H and O–H groups in total. The standard InChI is InChI=1S/C15H12N4OS/c16-13-10(5-4-8-17-13)9-12-14(20)19(15(21)18-12)11-6-2-1-3-7-11/h1-9H,(H2,16,17)(H,18,21)/b12-9-. The van der Waals surface area contributed by atoms with Gasteiger partial charge in [0.15, 0.2) is 5.11 Å². The highest BCUT2D eigenvalue weighted by Gasteiger charge is 2.31. The van der Waals surface area contributed by atoms with Crippen LogP contribution < -0.4 is 16.0 Å². The summed E-state index contributed by atoms with van der Waals surface area (Å²) >= 11 is 5.23. The van der Waals surface area contributed by atoms with E-state index in [1.807, 2.05) is 30.3 Å². The maximum Gasteiger partial charge on any atom is 0.281 e. The Kier molecular flexibility index (Phi) is 3.37. The number of carbonyl (C=O) groups is 1. The molecule has 5 nitrogen and oxygen atoms in total. The molecule has 0 aliphatic carbocycles. The molecular weight excluding hydrogens is 284 g/mol. The van der Waals surface area contributed by atoms with E-state index in [2.05, 4.69) is 10.3 Å². The summed E-state index contributed by atoms with van der Waals surface area (Å²) in [5.41, 5.74) is 7.56. The minimum Gasteiger partial charge on any atom is -0.383 e. The van der Waals surface area contributed by atoms with Gasteiger partial charge in [0.25, 0.3) is 5.91 Å². The first-order valence-corrected chi connectivity index (χ1v) is 6.70. The van der Waals surface area contributed by atoms with E-state index in [0.29, 0.717) is 22.2 Å². The Morgan fingerprint density at radius 1 is 1.19 bits per heavy atom. The zero-order valence-electron chi connectivity index (χ0n) is 11.0. The van der Waals surface area contributed by atoms with E-state index in [1.54, 1.807) is 24.4 Å². The van der Waals surface area contributed by atoms with Crippen LogP contribution in [0.1, 0.15) is 5.56 Å². The van der Waals surface area contributed by atoms with E-state index in [4.69, 9.17) is 18.0 Å². The van der Waals surface area contributed by atoms with Crippen molar-refractivity contribution in [3.8, 4) is 0 Å². The van der Waals surface area contributed by atoms with Crippen LogP contribution >= 0.6 is 12.2 Å². The van der Waals surface area contributed by atoms with Crippen molar-refractivity contribution in [1.82, 2.24) is 10.3 Å². The number of nitrogen functional groups attached to an aromatic ring is 1. The van der Waals surface area contributed by atoms with Gasteiger partial charge in [0.1, 0.15) is 11.5 Å². The lowest BCUT2D eigenvalue weighted by molar-refractivity contribution is -0.113. The van der Waals surface area contributed by atoms with Crippen molar-refractivity contribution in [3.63, 3.8) is 0 Å².